The standard InChI is InChI=1S/C8H14N2O2/c1-2-3-4-9-6-5-7(11)10-8(6)12/h5,9-12H,2-4H2,1H3. The molecule has 0 fully saturated rings. The van der Waals surface area contributed by atoms with Crippen LogP contribution in [0.4, 0.5) is 5.69 Å². The molecule has 0 spiro atoms. The molecule has 4 nitrogen and oxygen atoms in total. The number of aromatic hydroxyl groups is 2. The lowest BCUT2D eigenvalue weighted by Crippen LogP contribution is -1.99. The molecule has 0 aliphatic heterocycles. The quantitative estimate of drug-likeness (QED) is 0.519. The smallest absolute Gasteiger partial charge is 0.215 e. The van der Waals surface area contributed by atoms with Gasteiger partial charge < -0.3 is 15.5 Å². The van der Waals surface area contributed by atoms with Gasteiger partial charge in [-0.05, 0) is 6.42 Å². The summed E-state index contributed by atoms with van der Waals surface area (Å²) >= 11 is 0. The van der Waals surface area contributed by atoms with E-state index in [2.05, 4.69) is 17.2 Å². The molecule has 1 aromatic rings. The third kappa shape index (κ3) is 2.08. The van der Waals surface area contributed by atoms with Crippen LogP contribution < -0.4 is 5.32 Å². The Hall–Kier alpha value is -1.32. The number of aromatic amines is 1. The van der Waals surface area contributed by atoms with Crippen LogP contribution in [0.1, 0.15) is 19.8 Å². The lowest BCUT2D eigenvalue weighted by atomic mass is 10.3. The van der Waals surface area contributed by atoms with E-state index in [0.717, 1.165) is 19.4 Å². The molecule has 12 heavy (non-hydrogen) atoms. The number of H-pyrrole nitrogens is 1. The van der Waals surface area contributed by atoms with Crippen LogP contribution in [0.3, 0.4) is 0 Å². The van der Waals surface area contributed by atoms with Crippen LogP contribution in [0, 0.1) is 0 Å². The van der Waals surface area contributed by atoms with Gasteiger partial charge in [-0.25, -0.2) is 0 Å². The molecule has 0 bridgehead atoms. The molecule has 0 aliphatic carbocycles. The van der Waals surface area contributed by atoms with Gasteiger partial charge in [0.15, 0.2) is 5.88 Å². The van der Waals surface area contributed by atoms with Crippen LogP contribution in [0.25, 0.3) is 0 Å². The first-order chi connectivity index (χ1) is 5.74. The minimum Gasteiger partial charge on any atom is -0.494 e. The summed E-state index contributed by atoms with van der Waals surface area (Å²) in [5.41, 5.74) is 0.556. The molecule has 0 unspecified atom stereocenters. The maximum Gasteiger partial charge on any atom is 0.215 e. The summed E-state index contributed by atoms with van der Waals surface area (Å²) in [6, 6.07) is 1.46. The summed E-state index contributed by atoms with van der Waals surface area (Å²) in [6.07, 6.45) is 2.15. The van der Waals surface area contributed by atoms with Gasteiger partial charge in [-0.15, -0.1) is 0 Å². The fourth-order valence-corrected chi connectivity index (χ4v) is 0.964. The number of aromatic nitrogens is 1. The van der Waals surface area contributed by atoms with Crippen LogP contribution in [-0.4, -0.2) is 21.7 Å². The zero-order valence-electron chi connectivity index (χ0n) is 7.09. The minimum absolute atomic E-state index is 0.0106. The predicted octanol–water partition coefficient (Wildman–Crippen LogP) is 1.64. The summed E-state index contributed by atoms with van der Waals surface area (Å²) in [7, 11) is 0. The Morgan fingerprint density at radius 1 is 1.50 bits per heavy atom. The zero-order chi connectivity index (χ0) is 8.97. The minimum atomic E-state index is -0.0218. The molecular weight excluding hydrogens is 156 g/mol. The molecule has 0 aromatic carbocycles. The highest BCUT2D eigenvalue weighted by Crippen LogP contribution is 2.26. The van der Waals surface area contributed by atoms with E-state index in [4.69, 9.17) is 10.2 Å². The average molecular weight is 170 g/mol. The van der Waals surface area contributed by atoms with Gasteiger partial charge in [0, 0.05) is 12.6 Å². The lowest BCUT2D eigenvalue weighted by Gasteiger charge is -2.01. The van der Waals surface area contributed by atoms with E-state index >= 15 is 0 Å². The Morgan fingerprint density at radius 3 is 2.75 bits per heavy atom. The second-order valence-corrected chi connectivity index (χ2v) is 2.70. The van der Waals surface area contributed by atoms with Crippen molar-refractivity contribution in [3.05, 3.63) is 6.07 Å². The Labute approximate surface area is 71.2 Å². The predicted molar refractivity (Wildman–Crippen MR) is 47.5 cm³/mol. The van der Waals surface area contributed by atoms with E-state index in [-0.39, 0.29) is 11.8 Å². The first-order valence-corrected chi connectivity index (χ1v) is 4.09. The third-order valence-corrected chi connectivity index (χ3v) is 1.63. The Bertz CT molecular complexity index is 245. The van der Waals surface area contributed by atoms with Crippen LogP contribution in [0.5, 0.6) is 11.8 Å². The summed E-state index contributed by atoms with van der Waals surface area (Å²) in [5, 5.41) is 21.1. The van der Waals surface area contributed by atoms with Crippen molar-refractivity contribution in [3.8, 4) is 11.8 Å². The molecular formula is C8H14N2O2. The van der Waals surface area contributed by atoms with E-state index in [9.17, 15) is 0 Å². The van der Waals surface area contributed by atoms with Crippen molar-refractivity contribution >= 4 is 5.69 Å². The van der Waals surface area contributed by atoms with Crippen LogP contribution in [0.2, 0.25) is 0 Å². The van der Waals surface area contributed by atoms with Crippen molar-refractivity contribution in [1.82, 2.24) is 4.98 Å². The van der Waals surface area contributed by atoms with E-state index in [1.807, 2.05) is 0 Å². The molecule has 1 rings (SSSR count). The number of hydrogen-bond acceptors (Lipinski definition) is 3. The molecule has 1 aromatic heterocycles. The van der Waals surface area contributed by atoms with Crippen molar-refractivity contribution in [2.45, 2.75) is 19.8 Å². The summed E-state index contributed by atoms with van der Waals surface area (Å²) in [5.74, 6) is -0.0323. The fraction of sp³-hybridized carbons (Fsp3) is 0.500. The highest BCUT2D eigenvalue weighted by atomic mass is 16.3. The molecule has 4 N–H and O–H groups in total. The maximum atomic E-state index is 9.15. The molecule has 0 saturated carbocycles. The molecule has 0 amide bonds. The highest BCUT2D eigenvalue weighted by molar-refractivity contribution is 5.55. The fourth-order valence-electron chi connectivity index (χ4n) is 0.964. The number of anilines is 1. The van der Waals surface area contributed by atoms with Gasteiger partial charge in [-0.1, -0.05) is 13.3 Å². The third-order valence-electron chi connectivity index (χ3n) is 1.63. The first kappa shape index (κ1) is 8.77. The largest absolute Gasteiger partial charge is 0.494 e. The van der Waals surface area contributed by atoms with Crippen LogP contribution >= 0.6 is 0 Å². The molecule has 0 atom stereocenters. The number of nitrogens with one attached hydrogen (secondary N) is 2. The first-order valence-electron chi connectivity index (χ1n) is 4.09. The zero-order valence-corrected chi connectivity index (χ0v) is 7.09. The van der Waals surface area contributed by atoms with Crippen molar-refractivity contribution in [3.63, 3.8) is 0 Å². The van der Waals surface area contributed by atoms with Gasteiger partial charge in [-0.2, -0.15) is 0 Å². The normalized spacial score (nSPS) is 10.1. The lowest BCUT2D eigenvalue weighted by molar-refractivity contribution is 0.426. The number of hydrogen-bond donors (Lipinski definition) is 4. The highest BCUT2D eigenvalue weighted by Gasteiger charge is 2.03. The van der Waals surface area contributed by atoms with E-state index < -0.39 is 0 Å². The monoisotopic (exact) mass is 170 g/mol. The number of rotatable bonds is 4. The summed E-state index contributed by atoms with van der Waals surface area (Å²) in [4.78, 5) is 2.38. The topological polar surface area (TPSA) is 68.3 Å². The Kier molecular flexibility index (Phi) is 2.85. The van der Waals surface area contributed by atoms with Crippen molar-refractivity contribution < 1.29 is 10.2 Å². The molecule has 0 aliphatic rings. The average Bonchev–Trinajstić information content (AvgIpc) is 2.31. The second kappa shape index (κ2) is 3.90. The molecule has 4 heteroatoms. The molecule has 68 valence electrons. The summed E-state index contributed by atoms with van der Waals surface area (Å²) in [6.45, 7) is 2.90. The van der Waals surface area contributed by atoms with Crippen LogP contribution in [-0.2, 0) is 0 Å². The van der Waals surface area contributed by atoms with Crippen molar-refractivity contribution in [2.75, 3.05) is 11.9 Å². The second-order valence-electron chi connectivity index (χ2n) is 2.70. The van der Waals surface area contributed by atoms with Crippen LogP contribution in [0.15, 0.2) is 6.07 Å². The van der Waals surface area contributed by atoms with Gasteiger partial charge in [0.05, 0.1) is 0 Å². The SMILES string of the molecule is CCCCNc1cc(O)[nH]c1O. The number of unbranched alkanes of at least 4 members (excludes halogenated alkanes) is 1. The van der Waals surface area contributed by atoms with E-state index in [0.29, 0.717) is 5.69 Å². The van der Waals surface area contributed by atoms with Crippen molar-refractivity contribution in [1.29, 1.82) is 0 Å². The van der Waals surface area contributed by atoms with Gasteiger partial charge in [-0.3, -0.25) is 4.98 Å². The van der Waals surface area contributed by atoms with E-state index in [1.165, 1.54) is 6.07 Å². The van der Waals surface area contributed by atoms with Crippen molar-refractivity contribution in [2.24, 2.45) is 0 Å². The molecule has 1 heterocycles. The Morgan fingerprint density at radius 2 is 2.25 bits per heavy atom. The Balaban J connectivity index is 2.45. The van der Waals surface area contributed by atoms with E-state index in [1.54, 1.807) is 0 Å². The van der Waals surface area contributed by atoms with Gasteiger partial charge >= 0.3 is 0 Å². The van der Waals surface area contributed by atoms with Gasteiger partial charge in [0.1, 0.15) is 5.69 Å². The van der Waals surface area contributed by atoms with Gasteiger partial charge in [0.25, 0.3) is 0 Å². The molecule has 0 radical (unpaired) electrons. The van der Waals surface area contributed by atoms with Gasteiger partial charge in [0.2, 0.25) is 5.88 Å². The maximum absolute atomic E-state index is 9.15. The summed E-state index contributed by atoms with van der Waals surface area (Å²) < 4.78 is 0. The molecule has 0 saturated heterocycles.